The number of thiol groups is 1. The summed E-state index contributed by atoms with van der Waals surface area (Å²) >= 11 is 4.61. The lowest BCUT2D eigenvalue weighted by molar-refractivity contribution is 0.424. The highest BCUT2D eigenvalue weighted by atomic mass is 32.1. The van der Waals surface area contributed by atoms with E-state index in [2.05, 4.69) is 50.7 Å². The Morgan fingerprint density at radius 3 is 2.67 bits per heavy atom. The van der Waals surface area contributed by atoms with Gasteiger partial charge in [-0.05, 0) is 67.7 Å². The van der Waals surface area contributed by atoms with Gasteiger partial charge in [-0.25, -0.2) is 0 Å². The molecule has 0 nitrogen and oxygen atoms in total. The molecule has 2 atom stereocenters. The first-order valence-electron chi connectivity index (χ1n) is 8.64. The lowest BCUT2D eigenvalue weighted by Crippen LogP contribution is -2.35. The van der Waals surface area contributed by atoms with Crippen LogP contribution in [0.4, 0.5) is 0 Å². The average Bonchev–Trinajstić information content (AvgIpc) is 2.93. The van der Waals surface area contributed by atoms with Gasteiger partial charge < -0.3 is 0 Å². The molecule has 2 aliphatic carbocycles. The van der Waals surface area contributed by atoms with E-state index >= 15 is 0 Å². The number of hydrogen-bond donors (Lipinski definition) is 1. The Morgan fingerprint density at radius 1 is 1.19 bits per heavy atom. The van der Waals surface area contributed by atoms with Gasteiger partial charge in [0.15, 0.2) is 0 Å². The Labute approximate surface area is 135 Å². The second-order valence-electron chi connectivity index (χ2n) is 6.86. The molecule has 114 valence electrons. The quantitative estimate of drug-likeness (QED) is 0.536. The Hall–Kier alpha value is -0.690. The molecule has 0 aliphatic heterocycles. The van der Waals surface area contributed by atoms with E-state index in [1.807, 2.05) is 0 Å². The molecule has 1 aromatic rings. The number of aryl methyl sites for hydroxylation is 1. The first-order valence-corrected chi connectivity index (χ1v) is 9.28. The molecular formula is C20H28S. The van der Waals surface area contributed by atoms with E-state index in [0.717, 1.165) is 11.7 Å². The molecule has 0 saturated heterocycles. The van der Waals surface area contributed by atoms with Gasteiger partial charge in [0.05, 0.1) is 0 Å². The smallest absolute Gasteiger partial charge is 0.0172 e. The summed E-state index contributed by atoms with van der Waals surface area (Å²) in [7, 11) is 0. The van der Waals surface area contributed by atoms with Crippen LogP contribution >= 0.6 is 12.6 Å². The van der Waals surface area contributed by atoms with E-state index in [0.29, 0.717) is 0 Å². The van der Waals surface area contributed by atoms with Crippen molar-refractivity contribution >= 4 is 12.6 Å². The van der Waals surface area contributed by atoms with E-state index in [-0.39, 0.29) is 5.41 Å². The van der Waals surface area contributed by atoms with Gasteiger partial charge in [-0.15, -0.1) is 0 Å². The first-order chi connectivity index (χ1) is 10.2. The SMILES string of the molecule is CC[C@@]1(CCS)/C(=C2/CCC[C@@H]2C)CCc2ccccc21. The minimum absolute atomic E-state index is 0.268. The van der Waals surface area contributed by atoms with Crippen molar-refractivity contribution in [2.75, 3.05) is 5.75 Å². The third-order valence-corrected chi connectivity index (χ3v) is 6.19. The average molecular weight is 301 g/mol. The third kappa shape index (κ3) is 2.48. The van der Waals surface area contributed by atoms with Crippen LogP contribution in [-0.4, -0.2) is 5.75 Å². The maximum absolute atomic E-state index is 4.61. The number of fused-ring (bicyclic) bond motifs is 1. The van der Waals surface area contributed by atoms with Crippen LogP contribution in [0.25, 0.3) is 0 Å². The van der Waals surface area contributed by atoms with E-state index < -0.39 is 0 Å². The van der Waals surface area contributed by atoms with Crippen LogP contribution in [0.1, 0.15) is 63.5 Å². The molecule has 0 aromatic heterocycles. The van der Waals surface area contributed by atoms with Crippen LogP contribution in [0.5, 0.6) is 0 Å². The molecule has 1 heteroatoms. The Balaban J connectivity index is 2.18. The van der Waals surface area contributed by atoms with Crippen LogP contribution in [0.3, 0.4) is 0 Å². The Kier molecular flexibility index (Phi) is 4.49. The molecule has 1 saturated carbocycles. The summed E-state index contributed by atoms with van der Waals surface area (Å²) in [5.74, 6) is 1.78. The normalized spacial score (nSPS) is 32.2. The van der Waals surface area contributed by atoms with Gasteiger partial charge in [0.25, 0.3) is 0 Å². The maximum Gasteiger partial charge on any atom is 0.0172 e. The van der Waals surface area contributed by atoms with Gasteiger partial charge in [0, 0.05) is 5.41 Å². The predicted octanol–water partition coefficient (Wildman–Crippen LogP) is 5.72. The topological polar surface area (TPSA) is 0 Å². The molecule has 0 radical (unpaired) electrons. The molecule has 3 rings (SSSR count). The van der Waals surface area contributed by atoms with Crippen LogP contribution < -0.4 is 0 Å². The molecule has 0 N–H and O–H groups in total. The maximum atomic E-state index is 4.61. The number of benzene rings is 1. The zero-order valence-electron chi connectivity index (χ0n) is 13.5. The second kappa shape index (κ2) is 6.20. The summed E-state index contributed by atoms with van der Waals surface area (Å²) in [6, 6.07) is 9.17. The summed E-state index contributed by atoms with van der Waals surface area (Å²) < 4.78 is 0. The highest BCUT2D eigenvalue weighted by molar-refractivity contribution is 7.80. The Morgan fingerprint density at radius 2 is 2.00 bits per heavy atom. The van der Waals surface area contributed by atoms with Gasteiger partial charge in [-0.2, -0.15) is 12.6 Å². The molecule has 0 heterocycles. The molecule has 2 aliphatic rings. The minimum Gasteiger partial charge on any atom is -0.179 e. The number of rotatable bonds is 3. The van der Waals surface area contributed by atoms with E-state index in [1.165, 1.54) is 44.9 Å². The number of allylic oxidation sites excluding steroid dienone is 2. The fraction of sp³-hybridized carbons (Fsp3) is 0.600. The molecule has 21 heavy (non-hydrogen) atoms. The first kappa shape index (κ1) is 15.2. The summed E-state index contributed by atoms with van der Waals surface area (Å²) in [4.78, 5) is 0. The summed E-state index contributed by atoms with van der Waals surface area (Å²) in [6.07, 6.45) is 9.04. The van der Waals surface area contributed by atoms with Crippen LogP contribution in [-0.2, 0) is 11.8 Å². The highest BCUT2D eigenvalue weighted by Crippen LogP contribution is 2.50. The van der Waals surface area contributed by atoms with Crippen LogP contribution in [0.15, 0.2) is 35.4 Å². The molecule has 0 unspecified atom stereocenters. The zero-order chi connectivity index (χ0) is 14.9. The summed E-state index contributed by atoms with van der Waals surface area (Å²) in [5, 5.41) is 0. The third-order valence-electron chi connectivity index (χ3n) is 5.96. The van der Waals surface area contributed by atoms with E-state index in [4.69, 9.17) is 0 Å². The zero-order valence-corrected chi connectivity index (χ0v) is 14.4. The van der Waals surface area contributed by atoms with Crippen molar-refractivity contribution in [2.24, 2.45) is 5.92 Å². The molecule has 0 amide bonds. The van der Waals surface area contributed by atoms with Gasteiger partial charge in [0.2, 0.25) is 0 Å². The lowest BCUT2D eigenvalue weighted by atomic mass is 9.62. The van der Waals surface area contributed by atoms with Crippen LogP contribution in [0, 0.1) is 5.92 Å². The lowest BCUT2D eigenvalue weighted by Gasteiger charge is -2.43. The highest BCUT2D eigenvalue weighted by Gasteiger charge is 2.40. The summed E-state index contributed by atoms with van der Waals surface area (Å²) in [5.41, 5.74) is 7.05. The van der Waals surface area contributed by atoms with Crippen molar-refractivity contribution in [3.05, 3.63) is 46.5 Å². The van der Waals surface area contributed by atoms with Gasteiger partial charge in [0.1, 0.15) is 0 Å². The second-order valence-corrected chi connectivity index (χ2v) is 7.31. The summed E-state index contributed by atoms with van der Waals surface area (Å²) in [6.45, 7) is 4.82. The largest absolute Gasteiger partial charge is 0.179 e. The molecule has 1 fully saturated rings. The fourth-order valence-corrected chi connectivity index (χ4v) is 5.24. The van der Waals surface area contributed by atoms with Crippen LogP contribution in [0.2, 0.25) is 0 Å². The van der Waals surface area contributed by atoms with E-state index in [1.54, 1.807) is 22.3 Å². The minimum atomic E-state index is 0.268. The van der Waals surface area contributed by atoms with Crippen molar-refractivity contribution in [3.63, 3.8) is 0 Å². The molecule has 0 bridgehead atoms. The van der Waals surface area contributed by atoms with Gasteiger partial charge in [-0.1, -0.05) is 49.3 Å². The van der Waals surface area contributed by atoms with E-state index in [9.17, 15) is 0 Å². The molecule has 1 aromatic carbocycles. The standard InChI is InChI=1S/C20H28S/c1-3-20(13-14-21)18-10-5-4-8-16(18)11-12-19(20)17-9-6-7-15(17)2/h4-5,8,10,15,21H,3,6-7,9,11-14H2,1-2H3/b19-17-/t15-,20-/m0/s1. The van der Waals surface area contributed by atoms with Crippen molar-refractivity contribution in [1.29, 1.82) is 0 Å². The predicted molar refractivity (Wildman–Crippen MR) is 95.2 cm³/mol. The van der Waals surface area contributed by atoms with Crippen molar-refractivity contribution in [2.45, 2.75) is 64.2 Å². The molecule has 0 spiro atoms. The van der Waals surface area contributed by atoms with Crippen molar-refractivity contribution in [3.8, 4) is 0 Å². The monoisotopic (exact) mass is 300 g/mol. The molecular weight excluding hydrogens is 272 g/mol. The van der Waals surface area contributed by atoms with Gasteiger partial charge in [-0.3, -0.25) is 0 Å². The van der Waals surface area contributed by atoms with Crippen molar-refractivity contribution in [1.82, 2.24) is 0 Å². The number of hydrogen-bond acceptors (Lipinski definition) is 1. The fourth-order valence-electron chi connectivity index (χ4n) is 4.86. The van der Waals surface area contributed by atoms with Gasteiger partial charge >= 0.3 is 0 Å². The van der Waals surface area contributed by atoms with Crippen molar-refractivity contribution < 1.29 is 0 Å². The Bertz CT molecular complexity index is 543.